The number of aromatic nitrogens is 2. The van der Waals surface area contributed by atoms with Gasteiger partial charge in [-0.05, 0) is 0 Å². The molecule has 0 amide bonds. The van der Waals surface area contributed by atoms with E-state index in [4.69, 9.17) is 10.9 Å². The lowest BCUT2D eigenvalue weighted by atomic mass is 10.5. The maximum atomic E-state index is 8.54. The van der Waals surface area contributed by atoms with Crippen molar-refractivity contribution in [2.24, 2.45) is 5.84 Å². The van der Waals surface area contributed by atoms with Crippen molar-refractivity contribution in [3.8, 4) is 0 Å². The molecule has 0 saturated heterocycles. The number of rotatable bonds is 5. The Labute approximate surface area is 80.7 Å². The third-order valence-electron chi connectivity index (χ3n) is 1.34. The Morgan fingerprint density at radius 2 is 2.31 bits per heavy atom. The smallest absolute Gasteiger partial charge is 0.158 e. The van der Waals surface area contributed by atoms with Gasteiger partial charge in [0.05, 0.1) is 24.7 Å². The van der Waals surface area contributed by atoms with E-state index in [2.05, 4.69) is 15.4 Å². The number of nitrogens with two attached hydrogens (primary N) is 1. The van der Waals surface area contributed by atoms with Crippen LogP contribution >= 0.6 is 11.8 Å². The summed E-state index contributed by atoms with van der Waals surface area (Å²) in [5.74, 6) is 7.17. The Kier molecular flexibility index (Phi) is 4.52. The van der Waals surface area contributed by atoms with Crippen LogP contribution in [0.25, 0.3) is 0 Å². The van der Waals surface area contributed by atoms with E-state index < -0.39 is 0 Å². The first-order valence-corrected chi connectivity index (χ1v) is 4.98. The van der Waals surface area contributed by atoms with Gasteiger partial charge < -0.3 is 10.5 Å². The first-order valence-electron chi connectivity index (χ1n) is 3.83. The maximum absolute atomic E-state index is 8.54. The van der Waals surface area contributed by atoms with Crippen molar-refractivity contribution in [3.05, 3.63) is 18.1 Å². The molecule has 72 valence electrons. The lowest BCUT2D eigenvalue weighted by Crippen LogP contribution is -2.09. The molecular formula is C7H12N4OS. The summed E-state index contributed by atoms with van der Waals surface area (Å²) in [6, 6.07) is 0. The zero-order valence-electron chi connectivity index (χ0n) is 7.10. The molecule has 1 aromatic heterocycles. The van der Waals surface area contributed by atoms with Crippen LogP contribution in [-0.4, -0.2) is 27.4 Å². The topological polar surface area (TPSA) is 84.1 Å². The van der Waals surface area contributed by atoms with Gasteiger partial charge in [0.2, 0.25) is 0 Å². The van der Waals surface area contributed by atoms with Gasteiger partial charge in [0.15, 0.2) is 5.82 Å². The number of anilines is 1. The number of hydrogen-bond acceptors (Lipinski definition) is 6. The van der Waals surface area contributed by atoms with Crippen molar-refractivity contribution in [1.82, 2.24) is 9.97 Å². The molecule has 0 bridgehead atoms. The van der Waals surface area contributed by atoms with E-state index in [1.165, 1.54) is 0 Å². The van der Waals surface area contributed by atoms with Gasteiger partial charge in [-0.1, -0.05) is 0 Å². The van der Waals surface area contributed by atoms with E-state index >= 15 is 0 Å². The Balaban J connectivity index is 2.40. The summed E-state index contributed by atoms with van der Waals surface area (Å²) in [6.07, 6.45) is 3.24. The van der Waals surface area contributed by atoms with Crippen LogP contribution in [0.4, 0.5) is 5.82 Å². The number of hydrazine groups is 1. The summed E-state index contributed by atoms with van der Waals surface area (Å²) in [7, 11) is 0. The second-order valence-corrected chi connectivity index (χ2v) is 3.42. The molecule has 0 radical (unpaired) electrons. The Morgan fingerprint density at radius 1 is 1.46 bits per heavy atom. The van der Waals surface area contributed by atoms with Crippen LogP contribution in [0.1, 0.15) is 5.69 Å². The van der Waals surface area contributed by atoms with Gasteiger partial charge in [-0.25, -0.2) is 10.8 Å². The molecule has 13 heavy (non-hydrogen) atoms. The van der Waals surface area contributed by atoms with Crippen molar-refractivity contribution in [2.75, 3.05) is 17.8 Å². The number of nitrogen functional groups attached to an aromatic ring is 1. The predicted octanol–water partition coefficient (Wildman–Crippen LogP) is -0.0123. The van der Waals surface area contributed by atoms with E-state index in [-0.39, 0.29) is 6.61 Å². The lowest BCUT2D eigenvalue weighted by molar-refractivity contribution is 0.322. The number of aliphatic hydroxyl groups excluding tert-OH is 1. The minimum atomic E-state index is 0.195. The summed E-state index contributed by atoms with van der Waals surface area (Å²) in [6.45, 7) is 0.195. The normalized spacial score (nSPS) is 10.0. The highest BCUT2D eigenvalue weighted by Crippen LogP contribution is 2.08. The average molecular weight is 200 g/mol. The van der Waals surface area contributed by atoms with Crippen molar-refractivity contribution >= 4 is 17.6 Å². The predicted molar refractivity (Wildman–Crippen MR) is 53.1 cm³/mol. The van der Waals surface area contributed by atoms with Gasteiger partial charge in [0.1, 0.15) is 0 Å². The zero-order valence-corrected chi connectivity index (χ0v) is 7.92. The highest BCUT2D eigenvalue weighted by molar-refractivity contribution is 7.98. The average Bonchev–Trinajstić information content (AvgIpc) is 2.19. The molecule has 1 rings (SSSR count). The lowest BCUT2D eigenvalue weighted by Gasteiger charge is -2.00. The fourth-order valence-corrected chi connectivity index (χ4v) is 1.38. The summed E-state index contributed by atoms with van der Waals surface area (Å²) in [5, 5.41) is 8.54. The van der Waals surface area contributed by atoms with Gasteiger partial charge >= 0.3 is 0 Å². The third kappa shape index (κ3) is 3.58. The molecule has 0 fully saturated rings. The largest absolute Gasteiger partial charge is 0.396 e. The van der Waals surface area contributed by atoms with Crippen LogP contribution in [0.3, 0.4) is 0 Å². The number of thioether (sulfide) groups is 1. The second-order valence-electron chi connectivity index (χ2n) is 2.31. The Morgan fingerprint density at radius 3 is 2.85 bits per heavy atom. The number of nitrogens with one attached hydrogen (secondary N) is 1. The minimum Gasteiger partial charge on any atom is -0.396 e. The van der Waals surface area contributed by atoms with Crippen LogP contribution in [0.2, 0.25) is 0 Å². The van der Waals surface area contributed by atoms with Crippen molar-refractivity contribution < 1.29 is 5.11 Å². The summed E-state index contributed by atoms with van der Waals surface area (Å²) < 4.78 is 0. The summed E-state index contributed by atoms with van der Waals surface area (Å²) in [5.41, 5.74) is 3.29. The molecule has 0 aliphatic rings. The molecule has 0 unspecified atom stereocenters. The van der Waals surface area contributed by atoms with Gasteiger partial charge in [0.25, 0.3) is 0 Å². The number of hydrogen-bond donors (Lipinski definition) is 3. The quantitative estimate of drug-likeness (QED) is 0.352. The second kappa shape index (κ2) is 5.74. The number of nitrogens with zero attached hydrogens (tertiary/aromatic N) is 2. The molecule has 1 aromatic rings. The Hall–Kier alpha value is -0.850. The molecule has 6 heteroatoms. The van der Waals surface area contributed by atoms with Crippen molar-refractivity contribution in [1.29, 1.82) is 0 Å². The molecule has 0 saturated carbocycles. The van der Waals surface area contributed by atoms with Crippen LogP contribution in [0.15, 0.2) is 12.4 Å². The van der Waals surface area contributed by atoms with Crippen LogP contribution in [0.5, 0.6) is 0 Å². The van der Waals surface area contributed by atoms with Gasteiger partial charge in [-0.2, -0.15) is 11.8 Å². The molecule has 5 nitrogen and oxygen atoms in total. The van der Waals surface area contributed by atoms with Crippen LogP contribution < -0.4 is 11.3 Å². The van der Waals surface area contributed by atoms with E-state index in [0.29, 0.717) is 5.82 Å². The highest BCUT2D eigenvalue weighted by atomic mass is 32.2. The maximum Gasteiger partial charge on any atom is 0.158 e. The molecule has 4 N–H and O–H groups in total. The molecular weight excluding hydrogens is 188 g/mol. The molecule has 0 spiro atoms. The molecule has 1 heterocycles. The monoisotopic (exact) mass is 200 g/mol. The summed E-state index contributed by atoms with van der Waals surface area (Å²) in [4.78, 5) is 8.12. The van der Waals surface area contributed by atoms with Gasteiger partial charge in [0, 0.05) is 11.5 Å². The fraction of sp³-hybridized carbons (Fsp3) is 0.429. The van der Waals surface area contributed by atoms with E-state index in [1.54, 1.807) is 24.2 Å². The SMILES string of the molecule is NNc1cnc(CSCCO)cn1. The van der Waals surface area contributed by atoms with Crippen LogP contribution in [-0.2, 0) is 5.75 Å². The van der Waals surface area contributed by atoms with E-state index in [1.807, 2.05) is 0 Å². The van der Waals surface area contributed by atoms with Crippen LogP contribution in [0, 0.1) is 0 Å². The summed E-state index contributed by atoms with van der Waals surface area (Å²) >= 11 is 1.62. The van der Waals surface area contributed by atoms with Gasteiger partial charge in [-0.3, -0.25) is 4.98 Å². The first-order chi connectivity index (χ1) is 6.36. The van der Waals surface area contributed by atoms with E-state index in [0.717, 1.165) is 17.2 Å². The standard InChI is InChI=1S/C7H12N4OS/c8-11-7-4-9-6(3-10-7)5-13-2-1-12/h3-4,12H,1-2,5,8H2,(H,10,11). The highest BCUT2D eigenvalue weighted by Gasteiger charge is 1.96. The molecule has 0 atom stereocenters. The molecule has 0 aliphatic heterocycles. The zero-order chi connectivity index (χ0) is 9.52. The Bertz CT molecular complexity index is 241. The minimum absolute atomic E-state index is 0.195. The fourth-order valence-electron chi connectivity index (χ4n) is 0.745. The first kappa shape index (κ1) is 10.2. The molecule has 0 aromatic carbocycles. The van der Waals surface area contributed by atoms with Gasteiger partial charge in [-0.15, -0.1) is 0 Å². The van der Waals surface area contributed by atoms with E-state index in [9.17, 15) is 0 Å². The van der Waals surface area contributed by atoms with Crippen molar-refractivity contribution in [3.63, 3.8) is 0 Å². The third-order valence-corrected chi connectivity index (χ3v) is 2.31. The van der Waals surface area contributed by atoms with Crippen molar-refractivity contribution in [2.45, 2.75) is 5.75 Å². The number of aliphatic hydroxyl groups is 1. The molecule has 0 aliphatic carbocycles.